The lowest BCUT2D eigenvalue weighted by atomic mass is 9.97. The van der Waals surface area contributed by atoms with E-state index < -0.39 is 0 Å². The number of nitrogens with one attached hydrogen (secondary N) is 1. The molecule has 162 valence electrons. The molecule has 0 aromatic carbocycles. The van der Waals surface area contributed by atoms with Gasteiger partial charge in [-0.1, -0.05) is 24.6 Å². The maximum atomic E-state index is 13.0. The monoisotopic (exact) mass is 449 g/mol. The van der Waals surface area contributed by atoms with Crippen molar-refractivity contribution in [2.75, 3.05) is 50.8 Å². The lowest BCUT2D eigenvalue weighted by Crippen LogP contribution is -2.42. The van der Waals surface area contributed by atoms with Crippen molar-refractivity contribution in [3.63, 3.8) is 0 Å². The van der Waals surface area contributed by atoms with Crippen molar-refractivity contribution in [1.82, 2.24) is 20.2 Å². The molecule has 2 saturated heterocycles. The number of morpholine rings is 1. The Morgan fingerprint density at radius 1 is 1.33 bits per heavy atom. The first-order valence-corrected chi connectivity index (χ1v) is 11.8. The fraction of sp³-hybridized carbons (Fsp3) is 0.571. The van der Waals surface area contributed by atoms with Crippen LogP contribution in [0, 0.1) is 5.92 Å². The number of halogens is 1. The summed E-state index contributed by atoms with van der Waals surface area (Å²) in [7, 11) is 0. The van der Waals surface area contributed by atoms with Crippen LogP contribution >= 0.6 is 22.9 Å². The number of amides is 1. The summed E-state index contributed by atoms with van der Waals surface area (Å²) < 4.78 is 5.38. The summed E-state index contributed by atoms with van der Waals surface area (Å²) in [6.07, 6.45) is 3.89. The van der Waals surface area contributed by atoms with E-state index >= 15 is 0 Å². The molecule has 1 N–H and O–H groups in total. The molecule has 7 nitrogen and oxygen atoms in total. The van der Waals surface area contributed by atoms with Gasteiger partial charge in [-0.3, -0.25) is 9.69 Å². The molecule has 0 radical (unpaired) electrons. The highest BCUT2D eigenvalue weighted by molar-refractivity contribution is 7.10. The third kappa shape index (κ3) is 5.11. The molecule has 30 heavy (non-hydrogen) atoms. The van der Waals surface area contributed by atoms with E-state index in [9.17, 15) is 4.79 Å². The summed E-state index contributed by atoms with van der Waals surface area (Å²) in [5.41, 5.74) is 0.227. The quantitative estimate of drug-likeness (QED) is 0.730. The molecule has 2 fully saturated rings. The number of carbonyl (C=O) groups excluding carboxylic acids is 1. The Morgan fingerprint density at radius 3 is 2.80 bits per heavy atom. The first-order valence-electron chi connectivity index (χ1n) is 10.5. The highest BCUT2D eigenvalue weighted by Crippen LogP contribution is 2.29. The number of aromatic nitrogens is 2. The van der Waals surface area contributed by atoms with Gasteiger partial charge in [0.2, 0.25) is 5.95 Å². The van der Waals surface area contributed by atoms with E-state index in [0.717, 1.165) is 19.0 Å². The second kappa shape index (κ2) is 10.0. The van der Waals surface area contributed by atoms with Crippen LogP contribution in [-0.4, -0.2) is 66.7 Å². The minimum Gasteiger partial charge on any atom is -0.378 e. The number of ether oxygens (including phenoxy) is 1. The molecule has 4 heterocycles. The molecule has 2 aliphatic heterocycles. The number of hydrogen-bond acceptors (Lipinski definition) is 7. The number of thiophene rings is 1. The molecule has 2 aliphatic rings. The van der Waals surface area contributed by atoms with Gasteiger partial charge in [-0.15, -0.1) is 11.3 Å². The maximum absolute atomic E-state index is 13.0. The van der Waals surface area contributed by atoms with E-state index in [1.54, 1.807) is 11.3 Å². The van der Waals surface area contributed by atoms with E-state index in [1.165, 1.54) is 23.9 Å². The number of hydrogen-bond donors (Lipinski definition) is 1. The second-order valence-electron chi connectivity index (χ2n) is 7.93. The molecular formula is C21H28ClN5O2S. The normalized spacial score (nSPS) is 19.6. The standard InChI is InChI=1S/C21H28ClN5O2S/c1-15-4-6-26(7-5-15)17(18-3-2-12-30-18)14-23-20(28)19-16(22)13-24-21(25-19)27-8-10-29-11-9-27/h2-3,12-13,15,17H,4-11,14H2,1H3,(H,23,28)/t17-/m0/s1. The molecule has 0 spiro atoms. The minimum atomic E-state index is -0.260. The number of anilines is 1. The Morgan fingerprint density at radius 2 is 2.10 bits per heavy atom. The number of nitrogens with zero attached hydrogens (tertiary/aromatic N) is 4. The molecule has 2 aromatic rings. The third-order valence-electron chi connectivity index (χ3n) is 5.83. The Balaban J connectivity index is 1.45. The molecule has 1 amide bonds. The van der Waals surface area contributed by atoms with E-state index in [0.29, 0.717) is 38.8 Å². The second-order valence-corrected chi connectivity index (χ2v) is 9.31. The molecule has 0 unspecified atom stereocenters. The fourth-order valence-electron chi connectivity index (χ4n) is 3.94. The summed E-state index contributed by atoms with van der Waals surface area (Å²) in [6.45, 7) is 7.61. The first kappa shape index (κ1) is 21.5. The number of piperidine rings is 1. The van der Waals surface area contributed by atoms with Gasteiger partial charge < -0.3 is 15.0 Å². The summed E-state index contributed by atoms with van der Waals surface area (Å²) in [6, 6.07) is 4.38. The zero-order valence-electron chi connectivity index (χ0n) is 17.2. The number of likely N-dealkylation sites (tertiary alicyclic amines) is 1. The molecule has 1 atom stereocenters. The van der Waals surface area contributed by atoms with Gasteiger partial charge in [0, 0.05) is 24.5 Å². The zero-order chi connectivity index (χ0) is 20.9. The van der Waals surface area contributed by atoms with E-state index in [-0.39, 0.29) is 22.7 Å². The average Bonchev–Trinajstić information content (AvgIpc) is 3.30. The lowest BCUT2D eigenvalue weighted by molar-refractivity contribution is 0.0910. The van der Waals surface area contributed by atoms with Crippen molar-refractivity contribution in [2.45, 2.75) is 25.8 Å². The summed E-state index contributed by atoms with van der Waals surface area (Å²) in [4.78, 5) is 27.5. The SMILES string of the molecule is CC1CCN([C@@H](CNC(=O)c2nc(N3CCOCC3)ncc2Cl)c2cccs2)CC1. The predicted octanol–water partition coefficient (Wildman–Crippen LogP) is 3.23. The molecule has 4 rings (SSSR count). The van der Waals surface area contributed by atoms with Gasteiger partial charge in [0.1, 0.15) is 0 Å². The van der Waals surface area contributed by atoms with Crippen molar-refractivity contribution < 1.29 is 9.53 Å². The van der Waals surface area contributed by atoms with Gasteiger partial charge in [0.15, 0.2) is 5.69 Å². The van der Waals surface area contributed by atoms with Gasteiger partial charge in [-0.05, 0) is 43.3 Å². The van der Waals surface area contributed by atoms with Crippen LogP contribution in [0.1, 0.15) is 41.2 Å². The Kier molecular flexibility index (Phi) is 7.20. The summed E-state index contributed by atoms with van der Waals surface area (Å²) in [5.74, 6) is 1.02. The van der Waals surface area contributed by atoms with Crippen LogP contribution in [0.25, 0.3) is 0 Å². The van der Waals surface area contributed by atoms with Gasteiger partial charge in [0.05, 0.1) is 30.5 Å². The molecule has 9 heteroatoms. The maximum Gasteiger partial charge on any atom is 0.271 e. The van der Waals surface area contributed by atoms with Crippen LogP contribution in [0.5, 0.6) is 0 Å². The van der Waals surface area contributed by atoms with Crippen LogP contribution in [0.3, 0.4) is 0 Å². The topological polar surface area (TPSA) is 70.6 Å². The van der Waals surface area contributed by atoms with Crippen molar-refractivity contribution in [2.24, 2.45) is 5.92 Å². The smallest absolute Gasteiger partial charge is 0.271 e. The Labute approximate surface area is 186 Å². The van der Waals surface area contributed by atoms with E-state index in [4.69, 9.17) is 16.3 Å². The predicted molar refractivity (Wildman–Crippen MR) is 119 cm³/mol. The average molecular weight is 450 g/mol. The minimum absolute atomic E-state index is 0.167. The van der Waals surface area contributed by atoms with Gasteiger partial charge >= 0.3 is 0 Å². The molecule has 0 saturated carbocycles. The van der Waals surface area contributed by atoms with Crippen molar-refractivity contribution >= 4 is 34.8 Å². The third-order valence-corrected chi connectivity index (χ3v) is 7.08. The first-order chi connectivity index (χ1) is 14.6. The molecule has 0 bridgehead atoms. The summed E-state index contributed by atoms with van der Waals surface area (Å²) >= 11 is 8.01. The van der Waals surface area contributed by atoms with Gasteiger partial charge in [-0.25, -0.2) is 9.97 Å². The van der Waals surface area contributed by atoms with Crippen molar-refractivity contribution in [3.8, 4) is 0 Å². The van der Waals surface area contributed by atoms with E-state index in [1.807, 2.05) is 4.90 Å². The van der Waals surface area contributed by atoms with Crippen molar-refractivity contribution in [3.05, 3.63) is 39.3 Å². The fourth-order valence-corrected chi connectivity index (χ4v) is 4.97. The number of carbonyl (C=O) groups is 1. The number of rotatable bonds is 6. The summed E-state index contributed by atoms with van der Waals surface area (Å²) in [5, 5.41) is 5.43. The van der Waals surface area contributed by atoms with Gasteiger partial charge in [-0.2, -0.15) is 0 Å². The van der Waals surface area contributed by atoms with E-state index in [2.05, 4.69) is 44.6 Å². The van der Waals surface area contributed by atoms with Crippen LogP contribution in [0.2, 0.25) is 5.02 Å². The van der Waals surface area contributed by atoms with Crippen molar-refractivity contribution in [1.29, 1.82) is 0 Å². The highest BCUT2D eigenvalue weighted by atomic mass is 35.5. The van der Waals surface area contributed by atoms with Crippen LogP contribution in [0.4, 0.5) is 5.95 Å². The van der Waals surface area contributed by atoms with Gasteiger partial charge in [0.25, 0.3) is 5.91 Å². The molecule has 0 aliphatic carbocycles. The molecular weight excluding hydrogens is 422 g/mol. The lowest BCUT2D eigenvalue weighted by Gasteiger charge is -2.36. The zero-order valence-corrected chi connectivity index (χ0v) is 18.8. The van der Waals surface area contributed by atoms with Crippen LogP contribution in [0.15, 0.2) is 23.7 Å². The van der Waals surface area contributed by atoms with Crippen LogP contribution < -0.4 is 10.2 Å². The molecule has 2 aromatic heterocycles. The highest BCUT2D eigenvalue weighted by Gasteiger charge is 2.27. The largest absolute Gasteiger partial charge is 0.378 e. The Hall–Kier alpha value is -1.74. The Bertz CT molecular complexity index is 836. The van der Waals surface area contributed by atoms with Crippen LogP contribution in [-0.2, 0) is 4.74 Å².